The van der Waals surface area contributed by atoms with Crippen LogP contribution < -0.4 is 5.73 Å². The van der Waals surface area contributed by atoms with E-state index in [1.54, 1.807) is 17.5 Å². The largest absolute Gasteiger partial charge is 0.366 e. The predicted octanol–water partition coefficient (Wildman–Crippen LogP) is 0.804. The van der Waals surface area contributed by atoms with Gasteiger partial charge in [0.05, 0.1) is 28.5 Å². The Bertz CT molecular complexity index is 599. The van der Waals surface area contributed by atoms with Crippen LogP contribution in [-0.2, 0) is 6.54 Å². The highest BCUT2D eigenvalue weighted by Crippen LogP contribution is 2.23. The average Bonchev–Trinajstić information content (AvgIpc) is 2.91. The Balaban J connectivity index is 1.55. The van der Waals surface area contributed by atoms with Gasteiger partial charge in [-0.1, -0.05) is 0 Å². The summed E-state index contributed by atoms with van der Waals surface area (Å²) in [4.78, 5) is 17.8. The molecule has 0 bridgehead atoms. The van der Waals surface area contributed by atoms with Gasteiger partial charge >= 0.3 is 0 Å². The Hall–Kier alpha value is -1.73. The smallest absolute Gasteiger partial charge is 0.251 e. The zero-order chi connectivity index (χ0) is 13.4. The molecule has 1 saturated heterocycles. The zero-order valence-electron chi connectivity index (χ0n) is 10.6. The van der Waals surface area contributed by atoms with Crippen molar-refractivity contribution < 1.29 is 4.79 Å². The normalized spacial score (nSPS) is 16.5. The quantitative estimate of drug-likeness (QED) is 0.897. The fourth-order valence-corrected chi connectivity index (χ4v) is 2.82. The summed E-state index contributed by atoms with van der Waals surface area (Å²) >= 11 is 1.68. The number of aromatic nitrogens is 3. The van der Waals surface area contributed by atoms with Crippen molar-refractivity contribution in [3.8, 4) is 0 Å². The van der Waals surface area contributed by atoms with Crippen molar-refractivity contribution in [2.45, 2.75) is 19.5 Å². The van der Waals surface area contributed by atoms with Crippen LogP contribution in [0.15, 0.2) is 17.8 Å². The van der Waals surface area contributed by atoms with Crippen molar-refractivity contribution >= 4 is 17.2 Å². The molecule has 1 aliphatic rings. The van der Waals surface area contributed by atoms with Crippen molar-refractivity contribution in [3.05, 3.63) is 34.0 Å². The molecule has 2 aromatic rings. The van der Waals surface area contributed by atoms with Gasteiger partial charge < -0.3 is 5.73 Å². The number of primary amides is 1. The lowest BCUT2D eigenvalue weighted by atomic mass is 10.1. The zero-order valence-corrected chi connectivity index (χ0v) is 11.4. The number of likely N-dealkylation sites (tertiary alicyclic amines) is 1. The number of rotatable bonds is 4. The highest BCUT2D eigenvalue weighted by Gasteiger charge is 2.29. The summed E-state index contributed by atoms with van der Waals surface area (Å²) in [6.45, 7) is 4.75. The molecular weight excluding hydrogens is 262 g/mol. The maximum Gasteiger partial charge on any atom is 0.251 e. The number of amides is 1. The number of nitrogens with zero attached hydrogens (tertiary/aromatic N) is 4. The minimum Gasteiger partial charge on any atom is -0.366 e. The first kappa shape index (κ1) is 12.3. The van der Waals surface area contributed by atoms with E-state index in [-0.39, 0.29) is 0 Å². The van der Waals surface area contributed by atoms with Crippen LogP contribution in [0.5, 0.6) is 0 Å². The summed E-state index contributed by atoms with van der Waals surface area (Å²) in [5, 5.41) is 7.38. The number of carbonyl (C=O) groups is 1. The average molecular weight is 277 g/mol. The number of nitrogens with two attached hydrogens (primary N) is 1. The molecule has 7 heteroatoms. The Morgan fingerprint density at radius 1 is 1.58 bits per heavy atom. The van der Waals surface area contributed by atoms with Gasteiger partial charge in [-0.2, -0.15) is 5.10 Å². The summed E-state index contributed by atoms with van der Waals surface area (Å²) in [6.07, 6.45) is 3.24. The van der Waals surface area contributed by atoms with Crippen LogP contribution in [-0.4, -0.2) is 38.7 Å². The minimum atomic E-state index is -0.430. The third-order valence-corrected chi connectivity index (χ3v) is 4.07. The Labute approximate surface area is 114 Å². The van der Waals surface area contributed by atoms with Crippen molar-refractivity contribution in [2.75, 3.05) is 13.1 Å². The molecule has 0 saturated carbocycles. The first-order valence-corrected chi connectivity index (χ1v) is 6.97. The second kappa shape index (κ2) is 4.75. The molecule has 0 radical (unpaired) electrons. The number of hydrogen-bond donors (Lipinski definition) is 1. The van der Waals surface area contributed by atoms with Gasteiger partial charge in [0.25, 0.3) is 5.91 Å². The number of carbonyl (C=O) groups excluding carboxylic acids is 1. The molecule has 6 nitrogen and oxygen atoms in total. The fraction of sp³-hybridized carbons (Fsp3) is 0.417. The van der Waals surface area contributed by atoms with E-state index in [0.29, 0.717) is 11.6 Å². The van der Waals surface area contributed by atoms with Gasteiger partial charge in [0.1, 0.15) is 0 Å². The lowest BCUT2D eigenvalue weighted by Gasteiger charge is -2.38. The van der Waals surface area contributed by atoms with E-state index in [0.717, 1.165) is 30.3 Å². The summed E-state index contributed by atoms with van der Waals surface area (Å²) in [7, 11) is 0. The van der Waals surface area contributed by atoms with E-state index in [9.17, 15) is 4.79 Å². The molecule has 1 aliphatic heterocycles. The maximum absolute atomic E-state index is 11.0. The summed E-state index contributed by atoms with van der Waals surface area (Å²) in [5.41, 5.74) is 6.80. The molecule has 2 N–H and O–H groups in total. The van der Waals surface area contributed by atoms with Gasteiger partial charge in [-0.05, 0) is 6.92 Å². The first-order valence-electron chi connectivity index (χ1n) is 6.09. The van der Waals surface area contributed by atoms with E-state index in [1.807, 2.05) is 11.6 Å². The molecule has 3 rings (SSSR count). The van der Waals surface area contributed by atoms with E-state index < -0.39 is 5.91 Å². The van der Waals surface area contributed by atoms with Crippen LogP contribution in [0.2, 0.25) is 0 Å². The molecular formula is C12H15N5OS. The predicted molar refractivity (Wildman–Crippen MR) is 71.9 cm³/mol. The monoisotopic (exact) mass is 277 g/mol. The Morgan fingerprint density at radius 2 is 2.37 bits per heavy atom. The van der Waals surface area contributed by atoms with E-state index >= 15 is 0 Å². The molecule has 19 heavy (non-hydrogen) atoms. The maximum atomic E-state index is 11.0. The molecule has 0 aliphatic carbocycles. The number of aryl methyl sites for hydroxylation is 1. The van der Waals surface area contributed by atoms with Crippen LogP contribution in [0.25, 0.3) is 0 Å². The summed E-state index contributed by atoms with van der Waals surface area (Å²) in [6, 6.07) is 0.327. The Kier molecular flexibility index (Phi) is 3.08. The molecule has 3 heterocycles. The van der Waals surface area contributed by atoms with Gasteiger partial charge in [0.15, 0.2) is 0 Å². The summed E-state index contributed by atoms with van der Waals surface area (Å²) < 4.78 is 1.82. The van der Waals surface area contributed by atoms with Gasteiger partial charge in [-0.15, -0.1) is 11.3 Å². The number of thiazole rings is 1. The second-order valence-electron chi connectivity index (χ2n) is 4.78. The van der Waals surface area contributed by atoms with Crippen molar-refractivity contribution in [1.82, 2.24) is 19.7 Å². The first-order chi connectivity index (χ1) is 9.11. The topological polar surface area (TPSA) is 77.0 Å². The van der Waals surface area contributed by atoms with E-state index in [1.165, 1.54) is 6.20 Å². The van der Waals surface area contributed by atoms with Gasteiger partial charge in [0.2, 0.25) is 0 Å². The van der Waals surface area contributed by atoms with Crippen molar-refractivity contribution in [3.63, 3.8) is 0 Å². The number of hydrogen-bond acceptors (Lipinski definition) is 5. The van der Waals surface area contributed by atoms with Crippen LogP contribution in [0, 0.1) is 6.92 Å². The van der Waals surface area contributed by atoms with E-state index in [4.69, 9.17) is 5.73 Å². The second-order valence-corrected chi connectivity index (χ2v) is 5.84. The highest BCUT2D eigenvalue weighted by molar-refractivity contribution is 7.09. The third-order valence-electron chi connectivity index (χ3n) is 3.25. The molecule has 2 aromatic heterocycles. The van der Waals surface area contributed by atoms with Crippen LogP contribution in [0.4, 0.5) is 0 Å². The summed E-state index contributed by atoms with van der Waals surface area (Å²) in [5.74, 6) is -0.430. The molecule has 1 fully saturated rings. The van der Waals surface area contributed by atoms with Crippen molar-refractivity contribution in [2.24, 2.45) is 5.73 Å². The highest BCUT2D eigenvalue weighted by atomic mass is 32.1. The van der Waals surface area contributed by atoms with Crippen LogP contribution in [0.1, 0.15) is 27.1 Å². The minimum absolute atomic E-state index is 0.327. The SMILES string of the molecule is Cc1nc(CN2CC(n3cc(C(N)=O)cn3)C2)cs1. The van der Waals surface area contributed by atoms with Gasteiger partial charge in [-0.25, -0.2) is 4.98 Å². The lowest BCUT2D eigenvalue weighted by molar-refractivity contribution is 0.0895. The third kappa shape index (κ3) is 2.52. The molecule has 0 spiro atoms. The Morgan fingerprint density at radius 3 is 2.95 bits per heavy atom. The van der Waals surface area contributed by atoms with Crippen LogP contribution in [0.3, 0.4) is 0 Å². The molecule has 0 aromatic carbocycles. The molecule has 0 atom stereocenters. The molecule has 0 unspecified atom stereocenters. The van der Waals surface area contributed by atoms with Gasteiger partial charge in [-0.3, -0.25) is 14.4 Å². The molecule has 100 valence electrons. The fourth-order valence-electron chi connectivity index (χ4n) is 2.21. The molecule has 1 amide bonds. The van der Waals surface area contributed by atoms with E-state index in [2.05, 4.69) is 20.4 Å². The van der Waals surface area contributed by atoms with Crippen LogP contribution >= 0.6 is 11.3 Å². The lowest BCUT2D eigenvalue weighted by Crippen LogP contribution is -2.47. The van der Waals surface area contributed by atoms with Crippen molar-refractivity contribution in [1.29, 1.82) is 0 Å². The van der Waals surface area contributed by atoms with Gasteiger partial charge in [0, 0.05) is 31.2 Å². The standard InChI is InChI=1S/C12H15N5OS/c1-8-15-10(7-19-8)4-16-5-11(6-16)17-3-9(2-14-17)12(13)18/h2-3,7,11H,4-6H2,1H3,(H2,13,18).